The molecule has 1 aromatic heterocycles. The molecule has 1 saturated carbocycles. The molecule has 1 aromatic carbocycles. The first-order valence-corrected chi connectivity index (χ1v) is 8.76. The number of carbonyl (C=O) groups excluding carboxylic acids is 2. The number of primary amides is 2. The zero-order chi connectivity index (χ0) is 20.7. The summed E-state index contributed by atoms with van der Waals surface area (Å²) in [5, 5.41) is -0.318. The maximum atomic E-state index is 14.8. The molecular weight excluding hydrogens is 382 g/mol. The summed E-state index contributed by atoms with van der Waals surface area (Å²) in [4.78, 5) is 24.3. The molecule has 3 rings (SSSR count). The first-order chi connectivity index (χ1) is 13.1. The van der Waals surface area contributed by atoms with E-state index in [0.29, 0.717) is 30.3 Å². The highest BCUT2D eigenvalue weighted by molar-refractivity contribution is 6.01. The molecule has 28 heavy (non-hydrogen) atoms. The first kappa shape index (κ1) is 20.0. The van der Waals surface area contributed by atoms with Crippen molar-refractivity contribution < 1.29 is 31.9 Å². The van der Waals surface area contributed by atoms with Crippen LogP contribution in [0.1, 0.15) is 44.1 Å². The van der Waals surface area contributed by atoms with Gasteiger partial charge in [-0.25, -0.2) is 9.18 Å². The number of rotatable bonds is 3. The van der Waals surface area contributed by atoms with Crippen LogP contribution in [0.3, 0.4) is 0 Å². The van der Waals surface area contributed by atoms with Gasteiger partial charge in [0.2, 0.25) is 5.91 Å². The van der Waals surface area contributed by atoms with Gasteiger partial charge in [0, 0.05) is 11.6 Å². The fraction of sp³-hybridized carbons (Fsp3) is 0.444. The number of aromatic nitrogens is 1. The number of hydrogen-bond donors (Lipinski definition) is 2. The summed E-state index contributed by atoms with van der Waals surface area (Å²) < 4.78 is 57.8. The SMILES string of the molecule is NC(=O)n1cc(C2(C(N)=O)CCCCCC2)c2c(F)ccc(OC(F)(F)F)c21. The smallest absolute Gasteiger partial charge is 0.404 e. The van der Waals surface area contributed by atoms with Crippen molar-refractivity contribution in [2.75, 3.05) is 0 Å². The molecule has 152 valence electrons. The number of nitrogens with two attached hydrogens (primary N) is 2. The van der Waals surface area contributed by atoms with E-state index in [2.05, 4.69) is 4.74 Å². The van der Waals surface area contributed by atoms with Gasteiger partial charge in [-0.15, -0.1) is 13.2 Å². The number of amides is 2. The third-order valence-electron chi connectivity index (χ3n) is 5.27. The van der Waals surface area contributed by atoms with E-state index in [4.69, 9.17) is 11.5 Å². The van der Waals surface area contributed by atoms with Crippen molar-refractivity contribution in [1.82, 2.24) is 4.57 Å². The van der Waals surface area contributed by atoms with Gasteiger partial charge in [0.15, 0.2) is 5.75 Å². The lowest BCUT2D eigenvalue weighted by atomic mass is 9.73. The predicted octanol–water partition coefficient (Wildman–Crippen LogP) is 3.68. The Bertz CT molecular complexity index is 928. The van der Waals surface area contributed by atoms with Crippen LogP contribution < -0.4 is 16.2 Å². The van der Waals surface area contributed by atoms with Crippen LogP contribution in [0.15, 0.2) is 18.3 Å². The molecule has 2 aromatic rings. The first-order valence-electron chi connectivity index (χ1n) is 8.76. The molecule has 10 heteroatoms. The van der Waals surface area contributed by atoms with Gasteiger partial charge in [0.25, 0.3) is 0 Å². The van der Waals surface area contributed by atoms with Crippen LogP contribution in [0.2, 0.25) is 0 Å². The summed E-state index contributed by atoms with van der Waals surface area (Å²) in [7, 11) is 0. The van der Waals surface area contributed by atoms with Crippen molar-refractivity contribution in [1.29, 1.82) is 0 Å². The summed E-state index contributed by atoms with van der Waals surface area (Å²) in [5.74, 6) is -2.41. The number of nitrogens with zero attached hydrogens (tertiary/aromatic N) is 1. The van der Waals surface area contributed by atoms with Gasteiger partial charge in [-0.05, 0) is 30.5 Å². The topological polar surface area (TPSA) is 100 Å². The van der Waals surface area contributed by atoms with Crippen molar-refractivity contribution in [3.05, 3.63) is 29.7 Å². The van der Waals surface area contributed by atoms with Gasteiger partial charge in [-0.2, -0.15) is 0 Å². The molecule has 0 atom stereocenters. The van der Waals surface area contributed by atoms with Gasteiger partial charge in [0.1, 0.15) is 11.3 Å². The Morgan fingerprint density at radius 2 is 1.68 bits per heavy atom. The van der Waals surface area contributed by atoms with Crippen molar-refractivity contribution in [3.8, 4) is 5.75 Å². The standard InChI is InChI=1S/C18H19F4N3O3/c19-11-5-6-12(28-18(20,21)22)14-13(11)10(9-25(14)16(24)27)17(15(23)26)7-3-1-2-4-8-17/h5-6,9H,1-4,7-8H2,(H2,23,26)(H2,24,27). The van der Waals surface area contributed by atoms with Gasteiger partial charge in [-0.1, -0.05) is 25.7 Å². The Kier molecular flexibility index (Phi) is 4.99. The second-order valence-corrected chi connectivity index (χ2v) is 6.93. The van der Waals surface area contributed by atoms with E-state index in [-0.39, 0.29) is 10.9 Å². The van der Waals surface area contributed by atoms with Gasteiger partial charge in [0.05, 0.1) is 5.41 Å². The third kappa shape index (κ3) is 3.38. The Hall–Kier alpha value is -2.78. The molecule has 6 nitrogen and oxygen atoms in total. The minimum Gasteiger partial charge on any atom is -0.404 e. The Labute approximate surface area is 157 Å². The van der Waals surface area contributed by atoms with Gasteiger partial charge >= 0.3 is 12.4 Å². The van der Waals surface area contributed by atoms with Crippen LogP contribution in [-0.4, -0.2) is 22.9 Å². The monoisotopic (exact) mass is 401 g/mol. The van der Waals surface area contributed by atoms with E-state index in [0.717, 1.165) is 31.2 Å². The van der Waals surface area contributed by atoms with E-state index in [1.807, 2.05) is 0 Å². The lowest BCUT2D eigenvalue weighted by Gasteiger charge is -2.29. The maximum absolute atomic E-state index is 14.8. The highest BCUT2D eigenvalue weighted by atomic mass is 19.4. The highest BCUT2D eigenvalue weighted by Gasteiger charge is 2.43. The molecule has 1 aliphatic rings. The number of hydrogen-bond acceptors (Lipinski definition) is 3. The number of carbonyl (C=O) groups is 2. The molecule has 0 bridgehead atoms. The third-order valence-corrected chi connectivity index (χ3v) is 5.27. The minimum atomic E-state index is -5.07. The maximum Gasteiger partial charge on any atom is 0.573 e. The number of alkyl halides is 3. The van der Waals surface area contributed by atoms with Crippen LogP contribution in [-0.2, 0) is 10.2 Å². The van der Waals surface area contributed by atoms with Gasteiger partial charge < -0.3 is 16.2 Å². The summed E-state index contributed by atoms with van der Waals surface area (Å²) in [5.41, 5.74) is 9.24. The second-order valence-electron chi connectivity index (χ2n) is 6.93. The van der Waals surface area contributed by atoms with Crippen molar-refractivity contribution in [2.45, 2.75) is 50.3 Å². The Balaban J connectivity index is 2.36. The van der Waals surface area contributed by atoms with Crippen LogP contribution in [0.4, 0.5) is 22.4 Å². The zero-order valence-electron chi connectivity index (χ0n) is 14.8. The fourth-order valence-electron chi connectivity index (χ4n) is 4.03. The predicted molar refractivity (Wildman–Crippen MR) is 92.1 cm³/mol. The molecule has 0 spiro atoms. The van der Waals surface area contributed by atoms with Crippen LogP contribution in [0.25, 0.3) is 10.9 Å². The van der Waals surface area contributed by atoms with E-state index in [1.165, 1.54) is 0 Å². The molecule has 2 amide bonds. The molecule has 1 aliphatic carbocycles. The lowest BCUT2D eigenvalue weighted by Crippen LogP contribution is -2.41. The van der Waals surface area contributed by atoms with E-state index in [1.54, 1.807) is 0 Å². The lowest BCUT2D eigenvalue weighted by molar-refractivity contribution is -0.274. The molecule has 0 radical (unpaired) electrons. The minimum absolute atomic E-state index is 0.0563. The van der Waals surface area contributed by atoms with E-state index in [9.17, 15) is 27.2 Å². The average molecular weight is 401 g/mol. The van der Waals surface area contributed by atoms with E-state index >= 15 is 0 Å². The normalized spacial score (nSPS) is 17.3. The van der Waals surface area contributed by atoms with E-state index < -0.39 is 40.8 Å². The Morgan fingerprint density at radius 3 is 2.18 bits per heavy atom. The fourth-order valence-corrected chi connectivity index (χ4v) is 4.03. The molecule has 1 heterocycles. The molecule has 1 fully saturated rings. The highest BCUT2D eigenvalue weighted by Crippen LogP contribution is 2.45. The van der Waals surface area contributed by atoms with Gasteiger partial charge in [-0.3, -0.25) is 9.36 Å². The molecule has 4 N–H and O–H groups in total. The number of fused-ring (bicyclic) bond motifs is 1. The number of benzene rings is 1. The number of ether oxygens (including phenoxy) is 1. The Morgan fingerprint density at radius 1 is 1.07 bits per heavy atom. The largest absolute Gasteiger partial charge is 0.573 e. The van der Waals surface area contributed by atoms with Crippen molar-refractivity contribution in [3.63, 3.8) is 0 Å². The summed E-state index contributed by atoms with van der Waals surface area (Å²) >= 11 is 0. The number of halogens is 4. The summed E-state index contributed by atoms with van der Waals surface area (Å²) in [6.07, 6.45) is -0.424. The van der Waals surface area contributed by atoms with Crippen LogP contribution >= 0.6 is 0 Å². The molecule has 0 saturated heterocycles. The molecular formula is C18H19F4N3O3. The zero-order valence-corrected chi connectivity index (χ0v) is 14.8. The molecule has 0 unspecified atom stereocenters. The van der Waals surface area contributed by atoms with Crippen molar-refractivity contribution in [2.24, 2.45) is 11.5 Å². The average Bonchev–Trinajstić information content (AvgIpc) is 2.83. The molecule has 0 aliphatic heterocycles. The van der Waals surface area contributed by atoms with Crippen LogP contribution in [0, 0.1) is 5.82 Å². The second kappa shape index (κ2) is 6.99. The van der Waals surface area contributed by atoms with Crippen LogP contribution in [0.5, 0.6) is 5.75 Å². The van der Waals surface area contributed by atoms with Crippen molar-refractivity contribution >= 4 is 22.8 Å². The summed E-state index contributed by atoms with van der Waals surface area (Å²) in [6.45, 7) is 0. The summed E-state index contributed by atoms with van der Waals surface area (Å²) in [6, 6.07) is 0.421. The quantitative estimate of drug-likeness (QED) is 0.606.